The molecule has 1 saturated carbocycles. The topological polar surface area (TPSA) is 64.1 Å². The lowest BCUT2D eigenvalue weighted by Crippen LogP contribution is -2.38. The lowest BCUT2D eigenvalue weighted by atomic mass is 10.1. The zero-order chi connectivity index (χ0) is 19.3. The quantitative estimate of drug-likeness (QED) is 0.351. The van der Waals surface area contributed by atoms with Crippen molar-refractivity contribution in [3.63, 3.8) is 0 Å². The molecule has 2 rings (SSSR count). The second-order valence-corrected chi connectivity index (χ2v) is 6.79. The summed E-state index contributed by atoms with van der Waals surface area (Å²) < 4.78 is 17.4. The third-order valence-corrected chi connectivity index (χ3v) is 4.72. The summed E-state index contributed by atoms with van der Waals surface area (Å²) in [5.41, 5.74) is 1.07. The van der Waals surface area contributed by atoms with Crippen molar-refractivity contribution in [2.75, 3.05) is 33.9 Å². The number of guanidine groups is 1. The van der Waals surface area contributed by atoms with Crippen molar-refractivity contribution in [3.05, 3.63) is 23.8 Å². The van der Waals surface area contributed by atoms with Gasteiger partial charge in [-0.15, -0.1) is 0 Å². The zero-order valence-corrected chi connectivity index (χ0v) is 17.1. The summed E-state index contributed by atoms with van der Waals surface area (Å²) in [7, 11) is 3.46. The number of para-hydroxylation sites is 1. The highest BCUT2D eigenvalue weighted by Gasteiger charge is 2.20. The molecule has 2 N–H and O–H groups in total. The van der Waals surface area contributed by atoms with Gasteiger partial charge < -0.3 is 24.8 Å². The highest BCUT2D eigenvalue weighted by atomic mass is 16.5. The third kappa shape index (κ3) is 7.29. The first-order valence-corrected chi connectivity index (χ1v) is 10.1. The fourth-order valence-electron chi connectivity index (χ4n) is 3.16. The Morgan fingerprint density at radius 2 is 2.00 bits per heavy atom. The number of ether oxygens (including phenoxy) is 3. The minimum Gasteiger partial charge on any atom is -0.493 e. The molecule has 152 valence electrons. The molecule has 1 aliphatic rings. The summed E-state index contributed by atoms with van der Waals surface area (Å²) in [6, 6.07) is 6.02. The molecule has 1 aromatic carbocycles. The number of rotatable bonds is 11. The Bertz CT molecular complexity index is 572. The van der Waals surface area contributed by atoms with Crippen LogP contribution in [0, 0.1) is 0 Å². The van der Waals surface area contributed by atoms with Crippen LogP contribution in [0.2, 0.25) is 0 Å². The van der Waals surface area contributed by atoms with Crippen molar-refractivity contribution in [2.45, 2.75) is 58.1 Å². The maximum absolute atomic E-state index is 6.29. The van der Waals surface area contributed by atoms with Crippen molar-refractivity contribution in [1.29, 1.82) is 0 Å². The molecule has 0 spiro atoms. The Kier molecular flexibility index (Phi) is 9.84. The fraction of sp³-hybridized carbons (Fsp3) is 0.667. The summed E-state index contributed by atoms with van der Waals surface area (Å²) in [6.07, 6.45) is 7.26. The van der Waals surface area contributed by atoms with E-state index >= 15 is 0 Å². The smallest absolute Gasteiger partial charge is 0.191 e. The van der Waals surface area contributed by atoms with Crippen molar-refractivity contribution in [2.24, 2.45) is 4.99 Å². The van der Waals surface area contributed by atoms with Gasteiger partial charge in [-0.1, -0.05) is 25.5 Å². The standard InChI is InChI=1S/C21H35N3O3/c1-4-5-14-26-15-13-23-21(22-2)24-16-17-9-8-12-19(25-3)20(17)27-18-10-6-7-11-18/h8-9,12,18H,4-7,10-11,13-16H2,1-3H3,(H2,22,23,24). The maximum atomic E-state index is 6.29. The lowest BCUT2D eigenvalue weighted by Gasteiger charge is -2.20. The number of hydrogen-bond donors (Lipinski definition) is 2. The molecule has 0 amide bonds. The van der Waals surface area contributed by atoms with E-state index in [9.17, 15) is 0 Å². The van der Waals surface area contributed by atoms with Crippen molar-refractivity contribution >= 4 is 5.96 Å². The van der Waals surface area contributed by atoms with Crippen LogP contribution in [0.3, 0.4) is 0 Å². The van der Waals surface area contributed by atoms with E-state index in [4.69, 9.17) is 14.2 Å². The van der Waals surface area contributed by atoms with Gasteiger partial charge in [0.1, 0.15) is 0 Å². The van der Waals surface area contributed by atoms with Crippen molar-refractivity contribution < 1.29 is 14.2 Å². The number of methoxy groups -OCH3 is 1. The van der Waals surface area contributed by atoms with Gasteiger partial charge in [0.15, 0.2) is 17.5 Å². The van der Waals surface area contributed by atoms with Gasteiger partial charge in [-0.3, -0.25) is 4.99 Å². The number of nitrogens with zero attached hydrogens (tertiary/aromatic N) is 1. The van der Waals surface area contributed by atoms with Crippen molar-refractivity contribution in [1.82, 2.24) is 10.6 Å². The van der Waals surface area contributed by atoms with Crippen molar-refractivity contribution in [3.8, 4) is 11.5 Å². The summed E-state index contributed by atoms with van der Waals surface area (Å²) in [6.45, 7) is 5.00. The van der Waals surface area contributed by atoms with Crippen LogP contribution < -0.4 is 20.1 Å². The average molecular weight is 378 g/mol. The molecule has 0 radical (unpaired) electrons. The predicted molar refractivity (Wildman–Crippen MR) is 110 cm³/mol. The van der Waals surface area contributed by atoms with E-state index in [-0.39, 0.29) is 6.10 Å². The van der Waals surface area contributed by atoms with Gasteiger partial charge in [-0.25, -0.2) is 0 Å². The van der Waals surface area contributed by atoms with Crippen LogP contribution in [0.1, 0.15) is 51.0 Å². The van der Waals surface area contributed by atoms with Crippen LogP contribution >= 0.6 is 0 Å². The second-order valence-electron chi connectivity index (χ2n) is 6.79. The second kappa shape index (κ2) is 12.4. The Morgan fingerprint density at radius 3 is 2.70 bits per heavy atom. The van der Waals surface area contributed by atoms with Crippen LogP contribution in [0.15, 0.2) is 23.2 Å². The normalized spacial score (nSPS) is 15.0. The first-order valence-electron chi connectivity index (χ1n) is 10.1. The van der Waals surface area contributed by atoms with Gasteiger partial charge >= 0.3 is 0 Å². The molecule has 1 aliphatic carbocycles. The summed E-state index contributed by atoms with van der Waals surface area (Å²) >= 11 is 0. The molecule has 0 aliphatic heterocycles. The number of unbranched alkanes of at least 4 members (excludes halogenated alkanes) is 1. The fourth-order valence-corrected chi connectivity index (χ4v) is 3.16. The van der Waals surface area contributed by atoms with E-state index in [0.717, 1.165) is 61.9 Å². The van der Waals surface area contributed by atoms with Gasteiger partial charge in [0.05, 0.1) is 19.8 Å². The van der Waals surface area contributed by atoms with Gasteiger partial charge in [0.25, 0.3) is 0 Å². The van der Waals surface area contributed by atoms with Crippen LogP contribution in [0.4, 0.5) is 0 Å². The Morgan fingerprint density at radius 1 is 1.19 bits per heavy atom. The molecular formula is C21H35N3O3. The van der Waals surface area contributed by atoms with E-state index in [1.54, 1.807) is 14.2 Å². The van der Waals surface area contributed by atoms with E-state index in [1.165, 1.54) is 12.8 Å². The molecule has 1 aromatic rings. The van der Waals surface area contributed by atoms with E-state index in [1.807, 2.05) is 12.1 Å². The van der Waals surface area contributed by atoms with Gasteiger partial charge in [-0.05, 0) is 38.2 Å². The number of nitrogens with one attached hydrogen (secondary N) is 2. The van der Waals surface area contributed by atoms with Gasteiger partial charge in [0, 0.05) is 32.3 Å². The summed E-state index contributed by atoms with van der Waals surface area (Å²) in [5.74, 6) is 2.38. The Hall–Kier alpha value is -1.95. The zero-order valence-electron chi connectivity index (χ0n) is 17.1. The van der Waals surface area contributed by atoms with E-state index in [2.05, 4.69) is 28.6 Å². The summed E-state index contributed by atoms with van der Waals surface area (Å²) in [5, 5.41) is 6.63. The molecule has 0 bridgehead atoms. The van der Waals surface area contributed by atoms with E-state index < -0.39 is 0 Å². The Balaban J connectivity index is 1.87. The largest absolute Gasteiger partial charge is 0.493 e. The van der Waals surface area contributed by atoms with Crippen LogP contribution in [0.5, 0.6) is 11.5 Å². The number of benzene rings is 1. The Labute approximate surface area is 163 Å². The van der Waals surface area contributed by atoms with Crippen LogP contribution in [-0.4, -0.2) is 46.0 Å². The maximum Gasteiger partial charge on any atom is 0.191 e. The SMILES string of the molecule is CCCCOCCNC(=NC)NCc1cccc(OC)c1OC1CCCC1. The molecule has 0 aromatic heterocycles. The first kappa shape index (κ1) is 21.4. The highest BCUT2D eigenvalue weighted by Crippen LogP contribution is 2.34. The molecule has 6 heteroatoms. The number of hydrogen-bond acceptors (Lipinski definition) is 4. The molecule has 6 nitrogen and oxygen atoms in total. The lowest BCUT2D eigenvalue weighted by molar-refractivity contribution is 0.136. The first-order chi connectivity index (χ1) is 13.3. The molecule has 1 fully saturated rings. The predicted octanol–water partition coefficient (Wildman–Crippen LogP) is 3.50. The van der Waals surface area contributed by atoms with Crippen LogP contribution in [0.25, 0.3) is 0 Å². The molecule has 0 saturated heterocycles. The number of aliphatic imine (C=N–C) groups is 1. The molecule has 0 heterocycles. The highest BCUT2D eigenvalue weighted by molar-refractivity contribution is 5.79. The average Bonchev–Trinajstić information content (AvgIpc) is 3.21. The minimum atomic E-state index is 0.290. The minimum absolute atomic E-state index is 0.290. The summed E-state index contributed by atoms with van der Waals surface area (Å²) in [4.78, 5) is 4.28. The monoisotopic (exact) mass is 377 g/mol. The van der Waals surface area contributed by atoms with E-state index in [0.29, 0.717) is 13.2 Å². The van der Waals surface area contributed by atoms with Gasteiger partial charge in [-0.2, -0.15) is 0 Å². The molecule has 0 unspecified atom stereocenters. The third-order valence-electron chi connectivity index (χ3n) is 4.72. The molecule has 27 heavy (non-hydrogen) atoms. The van der Waals surface area contributed by atoms with Gasteiger partial charge in [0.2, 0.25) is 0 Å². The van der Waals surface area contributed by atoms with Crippen LogP contribution in [-0.2, 0) is 11.3 Å². The molecule has 0 atom stereocenters. The molecular weight excluding hydrogens is 342 g/mol.